The van der Waals surface area contributed by atoms with Crippen molar-refractivity contribution in [3.8, 4) is 11.8 Å². The number of rotatable bonds is 9. The van der Waals surface area contributed by atoms with Crippen LogP contribution in [0.5, 0.6) is 5.75 Å². The summed E-state index contributed by atoms with van der Waals surface area (Å²) < 4.78 is 5.68. The molecule has 0 fully saturated rings. The van der Waals surface area contributed by atoms with Crippen molar-refractivity contribution in [3.05, 3.63) is 59.9 Å². The standard InChI is InChI=1S/C20H23N3O2/c1-17-6-2-8-19(14-17)25-13-4-9-20(24)23(12-5-10-21)16-18-7-3-11-22-15-18/h2-3,6-8,11,14-15H,4-5,9,12-13,16H2,1H3. The third-order valence-electron chi connectivity index (χ3n) is 3.74. The second-order valence-corrected chi connectivity index (χ2v) is 5.85. The van der Waals surface area contributed by atoms with Crippen LogP contribution in [-0.2, 0) is 11.3 Å². The molecule has 1 aromatic heterocycles. The van der Waals surface area contributed by atoms with Gasteiger partial charge in [-0.3, -0.25) is 9.78 Å². The smallest absolute Gasteiger partial charge is 0.223 e. The summed E-state index contributed by atoms with van der Waals surface area (Å²) in [4.78, 5) is 18.2. The van der Waals surface area contributed by atoms with Crippen LogP contribution in [0.4, 0.5) is 0 Å². The van der Waals surface area contributed by atoms with Crippen LogP contribution in [0.3, 0.4) is 0 Å². The van der Waals surface area contributed by atoms with Crippen LogP contribution < -0.4 is 4.74 Å². The highest BCUT2D eigenvalue weighted by molar-refractivity contribution is 5.76. The number of hydrogen-bond donors (Lipinski definition) is 0. The Morgan fingerprint density at radius 2 is 2.20 bits per heavy atom. The van der Waals surface area contributed by atoms with Crippen molar-refractivity contribution < 1.29 is 9.53 Å². The van der Waals surface area contributed by atoms with E-state index < -0.39 is 0 Å². The summed E-state index contributed by atoms with van der Waals surface area (Å²) in [6, 6.07) is 13.7. The molecule has 0 aliphatic heterocycles. The van der Waals surface area contributed by atoms with Gasteiger partial charge in [0.25, 0.3) is 0 Å². The van der Waals surface area contributed by atoms with Gasteiger partial charge in [-0.15, -0.1) is 0 Å². The Balaban J connectivity index is 1.81. The second kappa shape index (κ2) is 10.1. The van der Waals surface area contributed by atoms with E-state index in [1.165, 1.54) is 0 Å². The topological polar surface area (TPSA) is 66.2 Å². The molecule has 2 rings (SSSR count). The fourth-order valence-electron chi connectivity index (χ4n) is 2.47. The Morgan fingerprint density at radius 3 is 2.92 bits per heavy atom. The molecule has 0 aliphatic rings. The lowest BCUT2D eigenvalue weighted by Gasteiger charge is -2.21. The van der Waals surface area contributed by atoms with E-state index in [1.54, 1.807) is 17.3 Å². The van der Waals surface area contributed by atoms with Crippen molar-refractivity contribution in [2.24, 2.45) is 0 Å². The number of amides is 1. The highest BCUT2D eigenvalue weighted by Gasteiger charge is 2.13. The molecular formula is C20H23N3O2. The number of benzene rings is 1. The zero-order valence-electron chi connectivity index (χ0n) is 14.5. The summed E-state index contributed by atoms with van der Waals surface area (Å²) in [5, 5.41) is 8.81. The molecule has 1 amide bonds. The highest BCUT2D eigenvalue weighted by Crippen LogP contribution is 2.13. The number of carbonyl (C=O) groups excluding carboxylic acids is 1. The molecule has 0 bridgehead atoms. The third-order valence-corrected chi connectivity index (χ3v) is 3.74. The summed E-state index contributed by atoms with van der Waals surface area (Å²) in [7, 11) is 0. The maximum atomic E-state index is 12.5. The third kappa shape index (κ3) is 6.64. The quantitative estimate of drug-likeness (QED) is 0.657. The molecule has 0 radical (unpaired) electrons. The Labute approximate surface area is 148 Å². The minimum absolute atomic E-state index is 0.0342. The first-order chi connectivity index (χ1) is 12.2. The van der Waals surface area contributed by atoms with Gasteiger partial charge < -0.3 is 9.64 Å². The van der Waals surface area contributed by atoms with Crippen LogP contribution in [0, 0.1) is 18.3 Å². The molecule has 0 atom stereocenters. The van der Waals surface area contributed by atoms with Crippen molar-refractivity contribution in [1.29, 1.82) is 5.26 Å². The van der Waals surface area contributed by atoms with Crippen LogP contribution in [0.25, 0.3) is 0 Å². The van der Waals surface area contributed by atoms with Gasteiger partial charge in [-0.1, -0.05) is 18.2 Å². The maximum absolute atomic E-state index is 12.5. The van der Waals surface area contributed by atoms with E-state index in [9.17, 15) is 4.79 Å². The number of carbonyl (C=O) groups is 1. The first-order valence-corrected chi connectivity index (χ1v) is 8.42. The van der Waals surface area contributed by atoms with Gasteiger partial charge >= 0.3 is 0 Å². The van der Waals surface area contributed by atoms with Crippen molar-refractivity contribution in [2.75, 3.05) is 13.2 Å². The van der Waals surface area contributed by atoms with Gasteiger partial charge in [-0.05, 0) is 42.7 Å². The fraction of sp³-hybridized carbons (Fsp3) is 0.350. The van der Waals surface area contributed by atoms with E-state index in [2.05, 4.69) is 11.1 Å². The Bertz CT molecular complexity index is 710. The first-order valence-electron chi connectivity index (χ1n) is 8.42. The Kier molecular flexibility index (Phi) is 7.45. The van der Waals surface area contributed by atoms with E-state index in [0.29, 0.717) is 39.0 Å². The predicted octanol–water partition coefficient (Wildman–Crippen LogP) is 3.49. The molecule has 25 heavy (non-hydrogen) atoms. The van der Waals surface area contributed by atoms with Crippen LogP contribution in [-0.4, -0.2) is 28.9 Å². The number of aryl methyl sites for hydroxylation is 1. The largest absolute Gasteiger partial charge is 0.494 e. The van der Waals surface area contributed by atoms with Crippen LogP contribution in [0.2, 0.25) is 0 Å². The molecule has 0 saturated heterocycles. The van der Waals surface area contributed by atoms with E-state index in [0.717, 1.165) is 16.9 Å². The normalized spacial score (nSPS) is 10.1. The molecule has 5 nitrogen and oxygen atoms in total. The zero-order valence-corrected chi connectivity index (χ0v) is 14.5. The lowest BCUT2D eigenvalue weighted by molar-refractivity contribution is -0.132. The average Bonchev–Trinajstić information content (AvgIpc) is 2.63. The molecule has 1 heterocycles. The SMILES string of the molecule is Cc1cccc(OCCCC(=O)N(CCC#N)Cc2cccnc2)c1. The van der Waals surface area contributed by atoms with Gasteiger partial charge in [0, 0.05) is 31.9 Å². The maximum Gasteiger partial charge on any atom is 0.223 e. The van der Waals surface area contributed by atoms with Crippen molar-refractivity contribution >= 4 is 5.91 Å². The lowest BCUT2D eigenvalue weighted by Crippen LogP contribution is -2.31. The van der Waals surface area contributed by atoms with Crippen molar-refractivity contribution in [1.82, 2.24) is 9.88 Å². The highest BCUT2D eigenvalue weighted by atomic mass is 16.5. The number of aromatic nitrogens is 1. The van der Waals surface area contributed by atoms with E-state index in [1.807, 2.05) is 43.3 Å². The molecule has 0 unspecified atom stereocenters. The zero-order chi connectivity index (χ0) is 17.9. The monoisotopic (exact) mass is 337 g/mol. The number of nitriles is 1. The number of ether oxygens (including phenoxy) is 1. The van der Waals surface area contributed by atoms with Crippen LogP contribution >= 0.6 is 0 Å². The van der Waals surface area contributed by atoms with E-state index in [-0.39, 0.29) is 5.91 Å². The van der Waals surface area contributed by atoms with Gasteiger partial charge in [0.2, 0.25) is 5.91 Å². The molecule has 0 spiro atoms. The van der Waals surface area contributed by atoms with Crippen LogP contribution in [0.15, 0.2) is 48.8 Å². The van der Waals surface area contributed by atoms with Crippen LogP contribution in [0.1, 0.15) is 30.4 Å². The summed E-state index contributed by atoms with van der Waals surface area (Å²) in [5.74, 6) is 0.857. The summed E-state index contributed by atoms with van der Waals surface area (Å²) in [6.07, 6.45) is 4.81. The van der Waals surface area contributed by atoms with Crippen molar-refractivity contribution in [2.45, 2.75) is 32.7 Å². The lowest BCUT2D eigenvalue weighted by atomic mass is 10.2. The molecular weight excluding hydrogens is 314 g/mol. The van der Waals surface area contributed by atoms with E-state index >= 15 is 0 Å². The van der Waals surface area contributed by atoms with Gasteiger partial charge in [0.15, 0.2) is 0 Å². The Hall–Kier alpha value is -2.87. The molecule has 130 valence electrons. The predicted molar refractivity (Wildman–Crippen MR) is 95.8 cm³/mol. The van der Waals surface area contributed by atoms with Gasteiger partial charge in [-0.25, -0.2) is 0 Å². The number of pyridine rings is 1. The molecule has 1 aromatic carbocycles. The summed E-state index contributed by atoms with van der Waals surface area (Å²) >= 11 is 0. The molecule has 2 aromatic rings. The minimum atomic E-state index is 0.0342. The number of hydrogen-bond acceptors (Lipinski definition) is 4. The number of nitrogens with zero attached hydrogens (tertiary/aromatic N) is 3. The molecule has 0 N–H and O–H groups in total. The van der Waals surface area contributed by atoms with Gasteiger partial charge in [-0.2, -0.15) is 5.26 Å². The van der Waals surface area contributed by atoms with Gasteiger partial charge in [0.05, 0.1) is 19.1 Å². The summed E-state index contributed by atoms with van der Waals surface area (Å²) in [6.45, 7) is 3.42. The van der Waals surface area contributed by atoms with E-state index in [4.69, 9.17) is 10.00 Å². The molecule has 0 aliphatic carbocycles. The summed E-state index contributed by atoms with van der Waals surface area (Å²) in [5.41, 5.74) is 2.11. The second-order valence-electron chi connectivity index (χ2n) is 5.85. The fourth-order valence-corrected chi connectivity index (χ4v) is 2.47. The van der Waals surface area contributed by atoms with Crippen molar-refractivity contribution in [3.63, 3.8) is 0 Å². The Morgan fingerprint density at radius 1 is 1.32 bits per heavy atom. The first kappa shape index (κ1) is 18.5. The van der Waals surface area contributed by atoms with Gasteiger partial charge in [0.1, 0.15) is 5.75 Å². The minimum Gasteiger partial charge on any atom is -0.494 e. The molecule has 5 heteroatoms. The molecule has 0 saturated carbocycles. The average molecular weight is 337 g/mol.